The number of benzene rings is 2. The lowest BCUT2D eigenvalue weighted by Crippen LogP contribution is -2.30. The molecule has 9 heteroatoms. The molecule has 0 bridgehead atoms. The highest BCUT2D eigenvalue weighted by molar-refractivity contribution is 7.20. The largest absolute Gasteiger partial charge is 0.448 e. The summed E-state index contributed by atoms with van der Waals surface area (Å²) in [6.45, 7) is 1.36. The van der Waals surface area contributed by atoms with E-state index in [4.69, 9.17) is 4.74 Å². The molecule has 1 N–H and O–H groups in total. The maximum atomic E-state index is 13.2. The van der Waals surface area contributed by atoms with Crippen LogP contribution in [0.5, 0.6) is 0 Å². The Hall–Kier alpha value is -3.33. The molecule has 0 saturated carbocycles. The zero-order valence-electron chi connectivity index (χ0n) is 14.0. The average Bonchev–Trinajstić information content (AvgIpc) is 3.05. The highest BCUT2D eigenvalue weighted by Crippen LogP contribution is 2.27. The van der Waals surface area contributed by atoms with Crippen LogP contribution in [0.3, 0.4) is 0 Å². The first kappa shape index (κ1) is 18.5. The number of nitro benzene ring substituents is 1. The van der Waals surface area contributed by atoms with E-state index in [0.29, 0.717) is 10.1 Å². The van der Waals surface area contributed by atoms with Crippen molar-refractivity contribution in [3.05, 3.63) is 69.3 Å². The Bertz CT molecular complexity index is 1050. The molecule has 1 heterocycles. The zero-order valence-corrected chi connectivity index (χ0v) is 14.8. The van der Waals surface area contributed by atoms with E-state index in [9.17, 15) is 24.1 Å². The SMILES string of the molecule is CC(OC(=O)c1cc2cc(F)ccc2s1)C(=O)Nc1ccccc1[N+](=O)[O-]. The minimum Gasteiger partial charge on any atom is -0.448 e. The van der Waals surface area contributed by atoms with Gasteiger partial charge in [-0.25, -0.2) is 9.18 Å². The molecule has 27 heavy (non-hydrogen) atoms. The van der Waals surface area contributed by atoms with Gasteiger partial charge in [-0.1, -0.05) is 12.1 Å². The predicted molar refractivity (Wildman–Crippen MR) is 98.4 cm³/mol. The molecule has 1 amide bonds. The van der Waals surface area contributed by atoms with Crippen LogP contribution < -0.4 is 5.32 Å². The van der Waals surface area contributed by atoms with Crippen LogP contribution in [0, 0.1) is 15.9 Å². The molecule has 1 unspecified atom stereocenters. The number of carbonyl (C=O) groups excluding carboxylic acids is 2. The van der Waals surface area contributed by atoms with Crippen molar-refractivity contribution in [2.24, 2.45) is 0 Å². The summed E-state index contributed by atoms with van der Waals surface area (Å²) >= 11 is 1.12. The van der Waals surface area contributed by atoms with Gasteiger partial charge in [-0.3, -0.25) is 14.9 Å². The normalized spacial score (nSPS) is 11.8. The number of hydrogen-bond acceptors (Lipinski definition) is 6. The molecule has 0 aliphatic carbocycles. The van der Waals surface area contributed by atoms with Gasteiger partial charge in [-0.15, -0.1) is 11.3 Å². The minimum absolute atomic E-state index is 0.00716. The maximum absolute atomic E-state index is 13.2. The van der Waals surface area contributed by atoms with Gasteiger partial charge in [0.05, 0.1) is 4.92 Å². The molecule has 0 aliphatic rings. The van der Waals surface area contributed by atoms with Crippen molar-refractivity contribution in [3.63, 3.8) is 0 Å². The van der Waals surface area contributed by atoms with Crippen LogP contribution in [0.15, 0.2) is 48.5 Å². The lowest BCUT2D eigenvalue weighted by molar-refractivity contribution is -0.383. The highest BCUT2D eigenvalue weighted by Gasteiger charge is 2.23. The van der Waals surface area contributed by atoms with Gasteiger partial charge < -0.3 is 10.1 Å². The van der Waals surface area contributed by atoms with E-state index in [2.05, 4.69) is 5.32 Å². The van der Waals surface area contributed by atoms with E-state index in [1.54, 1.807) is 6.07 Å². The molecule has 3 aromatic rings. The number of para-hydroxylation sites is 2. The van der Waals surface area contributed by atoms with Gasteiger partial charge >= 0.3 is 5.97 Å². The zero-order chi connectivity index (χ0) is 19.6. The molecule has 138 valence electrons. The molecular weight excluding hydrogens is 375 g/mol. The van der Waals surface area contributed by atoms with Crippen molar-refractivity contribution < 1.29 is 23.6 Å². The first-order chi connectivity index (χ1) is 12.8. The second kappa shape index (κ2) is 7.50. The summed E-state index contributed by atoms with van der Waals surface area (Å²) in [4.78, 5) is 35.1. The Balaban J connectivity index is 1.70. The molecule has 0 saturated heterocycles. The van der Waals surface area contributed by atoms with Crippen molar-refractivity contribution in [1.29, 1.82) is 0 Å². The number of ether oxygens (including phenoxy) is 1. The lowest BCUT2D eigenvalue weighted by atomic mass is 10.2. The minimum atomic E-state index is -1.18. The van der Waals surface area contributed by atoms with Crippen molar-refractivity contribution in [1.82, 2.24) is 0 Å². The van der Waals surface area contributed by atoms with E-state index in [1.165, 1.54) is 49.4 Å². The van der Waals surface area contributed by atoms with Gasteiger partial charge in [0, 0.05) is 10.8 Å². The second-order valence-electron chi connectivity index (χ2n) is 5.60. The van der Waals surface area contributed by atoms with Crippen molar-refractivity contribution in [2.45, 2.75) is 13.0 Å². The first-order valence-corrected chi connectivity index (χ1v) is 8.61. The fraction of sp³-hybridized carbons (Fsp3) is 0.111. The van der Waals surface area contributed by atoms with Crippen LogP contribution in [-0.4, -0.2) is 22.9 Å². The fourth-order valence-electron chi connectivity index (χ4n) is 2.36. The molecule has 0 radical (unpaired) electrons. The summed E-state index contributed by atoms with van der Waals surface area (Å²) in [5.41, 5.74) is -0.261. The Kier molecular flexibility index (Phi) is 5.13. The number of nitro groups is 1. The van der Waals surface area contributed by atoms with Crippen molar-refractivity contribution in [2.75, 3.05) is 5.32 Å². The number of amides is 1. The van der Waals surface area contributed by atoms with E-state index < -0.39 is 28.7 Å². The quantitative estimate of drug-likeness (QED) is 0.402. The summed E-state index contributed by atoms with van der Waals surface area (Å²) in [6, 6.07) is 11.3. The number of rotatable bonds is 5. The number of nitrogens with one attached hydrogen (secondary N) is 1. The standard InChI is InChI=1S/C18H13FN2O5S/c1-10(17(22)20-13-4-2-3-5-14(13)21(24)25)26-18(23)16-9-11-8-12(19)6-7-15(11)27-16/h2-10H,1H3,(H,20,22). The van der Waals surface area contributed by atoms with Crippen LogP contribution in [0.2, 0.25) is 0 Å². The van der Waals surface area contributed by atoms with Crippen LogP contribution in [0.4, 0.5) is 15.8 Å². The molecular formula is C18H13FN2O5S. The molecule has 2 aromatic carbocycles. The summed E-state index contributed by atoms with van der Waals surface area (Å²) in [5.74, 6) is -1.86. The van der Waals surface area contributed by atoms with E-state index in [1.807, 2.05) is 0 Å². The fourth-order valence-corrected chi connectivity index (χ4v) is 3.29. The third-order valence-electron chi connectivity index (χ3n) is 3.69. The molecule has 7 nitrogen and oxygen atoms in total. The van der Waals surface area contributed by atoms with Gasteiger partial charge in [-0.2, -0.15) is 0 Å². The topological polar surface area (TPSA) is 98.5 Å². The number of hydrogen-bond donors (Lipinski definition) is 1. The summed E-state index contributed by atoms with van der Waals surface area (Å²) < 4.78 is 19.1. The number of anilines is 1. The van der Waals surface area contributed by atoms with Gasteiger partial charge in [0.1, 0.15) is 16.4 Å². The Morgan fingerprint density at radius 2 is 1.96 bits per heavy atom. The number of esters is 1. The van der Waals surface area contributed by atoms with Gasteiger partial charge in [0.15, 0.2) is 6.10 Å². The molecule has 3 rings (SSSR count). The van der Waals surface area contributed by atoms with Crippen LogP contribution in [0.25, 0.3) is 10.1 Å². The molecule has 0 fully saturated rings. The average molecular weight is 388 g/mol. The van der Waals surface area contributed by atoms with Gasteiger partial charge in [-0.05, 0) is 42.6 Å². The summed E-state index contributed by atoms with van der Waals surface area (Å²) in [5, 5.41) is 13.9. The Labute approximate surface area is 156 Å². The molecule has 0 aliphatic heterocycles. The number of halogens is 1. The summed E-state index contributed by atoms with van der Waals surface area (Å²) in [7, 11) is 0. The van der Waals surface area contributed by atoms with E-state index >= 15 is 0 Å². The number of carbonyl (C=O) groups is 2. The van der Waals surface area contributed by atoms with Crippen LogP contribution in [0.1, 0.15) is 16.6 Å². The van der Waals surface area contributed by atoms with Gasteiger partial charge in [0.2, 0.25) is 0 Å². The Morgan fingerprint density at radius 1 is 1.22 bits per heavy atom. The maximum Gasteiger partial charge on any atom is 0.349 e. The second-order valence-corrected chi connectivity index (χ2v) is 6.69. The third kappa shape index (κ3) is 4.09. The molecule has 1 aromatic heterocycles. The molecule has 0 spiro atoms. The predicted octanol–water partition coefficient (Wildman–Crippen LogP) is 4.13. The van der Waals surface area contributed by atoms with Crippen molar-refractivity contribution in [3.8, 4) is 0 Å². The lowest BCUT2D eigenvalue weighted by Gasteiger charge is -2.13. The van der Waals surface area contributed by atoms with Crippen LogP contribution in [-0.2, 0) is 9.53 Å². The third-order valence-corrected chi connectivity index (χ3v) is 4.79. The smallest absolute Gasteiger partial charge is 0.349 e. The first-order valence-electron chi connectivity index (χ1n) is 7.79. The number of fused-ring (bicyclic) bond motifs is 1. The number of thiophene rings is 1. The van der Waals surface area contributed by atoms with Crippen LogP contribution >= 0.6 is 11.3 Å². The van der Waals surface area contributed by atoms with E-state index in [-0.39, 0.29) is 16.3 Å². The number of nitrogens with zero attached hydrogens (tertiary/aromatic N) is 1. The monoisotopic (exact) mass is 388 g/mol. The highest BCUT2D eigenvalue weighted by atomic mass is 32.1. The van der Waals surface area contributed by atoms with Crippen molar-refractivity contribution >= 4 is 44.7 Å². The molecule has 1 atom stereocenters. The van der Waals surface area contributed by atoms with E-state index in [0.717, 1.165) is 11.3 Å². The Morgan fingerprint density at radius 3 is 2.70 bits per heavy atom. The summed E-state index contributed by atoms with van der Waals surface area (Å²) in [6.07, 6.45) is -1.18. The van der Waals surface area contributed by atoms with Gasteiger partial charge in [0.25, 0.3) is 11.6 Å².